The van der Waals surface area contributed by atoms with Crippen molar-refractivity contribution in [2.24, 2.45) is 0 Å². The molecule has 0 saturated carbocycles. The van der Waals surface area contributed by atoms with Gasteiger partial charge in [0.1, 0.15) is 12.4 Å². The van der Waals surface area contributed by atoms with Crippen LogP contribution in [-0.2, 0) is 9.53 Å². The van der Waals surface area contributed by atoms with Gasteiger partial charge in [-0.1, -0.05) is 0 Å². The van der Waals surface area contributed by atoms with Crippen LogP contribution in [0.4, 0.5) is 0 Å². The molecule has 3 rings (SSSR count). The van der Waals surface area contributed by atoms with Gasteiger partial charge in [0.25, 0.3) is 5.91 Å². The van der Waals surface area contributed by atoms with E-state index in [1.807, 2.05) is 16.7 Å². The molecule has 0 aromatic carbocycles. The van der Waals surface area contributed by atoms with Crippen LogP contribution in [0.15, 0.2) is 6.20 Å². The lowest BCUT2D eigenvalue weighted by molar-refractivity contribution is -0.136. The fourth-order valence-corrected chi connectivity index (χ4v) is 3.79. The summed E-state index contributed by atoms with van der Waals surface area (Å²) in [4.78, 5) is 37.6. The highest BCUT2D eigenvalue weighted by Crippen LogP contribution is 2.25. The Morgan fingerprint density at radius 3 is 2.58 bits per heavy atom. The van der Waals surface area contributed by atoms with E-state index in [1.165, 1.54) is 13.5 Å². The zero-order chi connectivity index (χ0) is 18.5. The van der Waals surface area contributed by atoms with Crippen molar-refractivity contribution in [3.05, 3.63) is 23.3 Å². The molecular formula is C19H28N4O3. The molecule has 0 radical (unpaired) electrons. The van der Waals surface area contributed by atoms with E-state index in [0.29, 0.717) is 12.1 Å². The molecule has 0 bridgehead atoms. The van der Waals surface area contributed by atoms with Gasteiger partial charge >= 0.3 is 0 Å². The first-order chi connectivity index (χ1) is 12.6. The van der Waals surface area contributed by atoms with E-state index in [9.17, 15) is 9.59 Å². The molecular weight excluding hydrogens is 332 g/mol. The van der Waals surface area contributed by atoms with Gasteiger partial charge < -0.3 is 14.5 Å². The summed E-state index contributed by atoms with van der Waals surface area (Å²) in [5, 5.41) is 0. The predicted molar refractivity (Wildman–Crippen MR) is 97.0 cm³/mol. The summed E-state index contributed by atoms with van der Waals surface area (Å²) in [7, 11) is 1.53. The van der Waals surface area contributed by atoms with Crippen LogP contribution in [-0.4, -0.2) is 71.5 Å². The summed E-state index contributed by atoms with van der Waals surface area (Å²) in [5.74, 6) is 0.884. The van der Waals surface area contributed by atoms with Crippen molar-refractivity contribution >= 4 is 11.8 Å². The molecule has 0 N–H and O–H groups in total. The molecule has 2 fully saturated rings. The number of nitrogens with zero attached hydrogens (tertiary/aromatic N) is 4. The highest BCUT2D eigenvalue weighted by atomic mass is 16.5. The van der Waals surface area contributed by atoms with E-state index in [1.54, 1.807) is 6.20 Å². The number of rotatable bonds is 4. The van der Waals surface area contributed by atoms with Gasteiger partial charge in [0.15, 0.2) is 0 Å². The second kappa shape index (κ2) is 8.58. The monoisotopic (exact) mass is 360 g/mol. The second-order valence-corrected chi connectivity index (χ2v) is 7.19. The molecule has 3 heterocycles. The van der Waals surface area contributed by atoms with E-state index in [-0.39, 0.29) is 24.3 Å². The molecule has 1 atom stereocenters. The number of likely N-dealkylation sites (tertiary alicyclic amines) is 2. The first-order valence-corrected chi connectivity index (χ1v) is 9.49. The van der Waals surface area contributed by atoms with Gasteiger partial charge in [-0.25, -0.2) is 9.97 Å². The van der Waals surface area contributed by atoms with Crippen LogP contribution in [0.1, 0.15) is 59.9 Å². The second-order valence-electron chi connectivity index (χ2n) is 7.19. The Labute approximate surface area is 154 Å². The fourth-order valence-electron chi connectivity index (χ4n) is 3.79. The van der Waals surface area contributed by atoms with Crippen molar-refractivity contribution in [3.8, 4) is 0 Å². The number of aromatic nitrogens is 2. The number of methoxy groups -OCH3 is 1. The summed E-state index contributed by atoms with van der Waals surface area (Å²) in [6.45, 7) is 4.98. The lowest BCUT2D eigenvalue weighted by Gasteiger charge is -2.32. The van der Waals surface area contributed by atoms with Crippen molar-refractivity contribution < 1.29 is 14.3 Å². The van der Waals surface area contributed by atoms with Crippen LogP contribution >= 0.6 is 0 Å². The molecule has 142 valence electrons. The summed E-state index contributed by atoms with van der Waals surface area (Å²) >= 11 is 0. The zero-order valence-electron chi connectivity index (χ0n) is 15.7. The molecule has 2 aliphatic rings. The number of ether oxygens (including phenoxy) is 1. The Kier molecular flexibility index (Phi) is 6.19. The molecule has 0 unspecified atom stereocenters. The zero-order valence-corrected chi connectivity index (χ0v) is 15.7. The van der Waals surface area contributed by atoms with Gasteiger partial charge in [0, 0.05) is 45.4 Å². The highest BCUT2D eigenvalue weighted by molar-refractivity contribution is 5.95. The number of amides is 2. The average molecular weight is 360 g/mol. The van der Waals surface area contributed by atoms with Crippen LogP contribution in [0, 0.1) is 6.92 Å². The number of carbonyl (C=O) groups is 2. The minimum absolute atomic E-state index is 0.00539. The van der Waals surface area contributed by atoms with E-state index in [4.69, 9.17) is 4.74 Å². The molecule has 0 aliphatic carbocycles. The molecule has 7 nitrogen and oxygen atoms in total. The molecule has 0 spiro atoms. The van der Waals surface area contributed by atoms with Crippen LogP contribution in [0.3, 0.4) is 0 Å². The maximum absolute atomic E-state index is 12.7. The number of carbonyl (C=O) groups excluding carboxylic acids is 2. The standard InChI is InChI=1S/C19H28N4O3/c1-14-16(19(25)22-8-4-3-5-9-22)11-20-18(21-14)15-7-6-10-23(12-15)17(24)13-26-2/h11,15H,3-10,12-13H2,1-2H3/t15-/m1/s1. The minimum atomic E-state index is 0.00539. The summed E-state index contributed by atoms with van der Waals surface area (Å²) < 4.78 is 4.95. The molecule has 26 heavy (non-hydrogen) atoms. The van der Waals surface area contributed by atoms with Crippen molar-refractivity contribution in [2.75, 3.05) is 39.9 Å². The predicted octanol–water partition coefficient (Wildman–Crippen LogP) is 1.76. The average Bonchev–Trinajstić information content (AvgIpc) is 2.68. The van der Waals surface area contributed by atoms with Gasteiger partial charge in [-0.05, 0) is 39.0 Å². The van der Waals surface area contributed by atoms with E-state index in [0.717, 1.165) is 56.8 Å². The minimum Gasteiger partial charge on any atom is -0.375 e. The Bertz CT molecular complexity index is 658. The molecule has 7 heteroatoms. The Balaban J connectivity index is 1.70. The van der Waals surface area contributed by atoms with Crippen molar-refractivity contribution in [3.63, 3.8) is 0 Å². The van der Waals surface area contributed by atoms with Gasteiger partial charge in [0.2, 0.25) is 5.91 Å². The lowest BCUT2D eigenvalue weighted by atomic mass is 9.96. The van der Waals surface area contributed by atoms with Crippen LogP contribution in [0.25, 0.3) is 0 Å². The van der Waals surface area contributed by atoms with Gasteiger partial charge in [-0.3, -0.25) is 9.59 Å². The van der Waals surface area contributed by atoms with Crippen LogP contribution in [0.5, 0.6) is 0 Å². The Morgan fingerprint density at radius 2 is 1.88 bits per heavy atom. The number of hydrogen-bond donors (Lipinski definition) is 0. The normalized spacial score (nSPS) is 20.9. The van der Waals surface area contributed by atoms with E-state index in [2.05, 4.69) is 9.97 Å². The Morgan fingerprint density at radius 1 is 1.15 bits per heavy atom. The summed E-state index contributed by atoms with van der Waals surface area (Å²) in [5.41, 5.74) is 1.32. The SMILES string of the molecule is COCC(=O)N1CCC[C@@H](c2ncc(C(=O)N3CCCCC3)c(C)n2)C1. The Hall–Kier alpha value is -2.02. The van der Waals surface area contributed by atoms with E-state index < -0.39 is 0 Å². The third kappa shape index (κ3) is 4.20. The van der Waals surface area contributed by atoms with Crippen molar-refractivity contribution in [1.82, 2.24) is 19.8 Å². The third-order valence-corrected chi connectivity index (χ3v) is 5.28. The third-order valence-electron chi connectivity index (χ3n) is 5.28. The van der Waals surface area contributed by atoms with Crippen LogP contribution in [0.2, 0.25) is 0 Å². The maximum Gasteiger partial charge on any atom is 0.257 e. The van der Waals surface area contributed by atoms with E-state index >= 15 is 0 Å². The quantitative estimate of drug-likeness (QED) is 0.818. The molecule has 2 saturated heterocycles. The first-order valence-electron chi connectivity index (χ1n) is 9.49. The summed E-state index contributed by atoms with van der Waals surface area (Å²) in [6, 6.07) is 0. The molecule has 2 aliphatic heterocycles. The van der Waals surface area contributed by atoms with Gasteiger partial charge in [0.05, 0.1) is 11.3 Å². The highest BCUT2D eigenvalue weighted by Gasteiger charge is 2.27. The van der Waals surface area contributed by atoms with Crippen molar-refractivity contribution in [1.29, 1.82) is 0 Å². The number of hydrogen-bond acceptors (Lipinski definition) is 5. The fraction of sp³-hybridized carbons (Fsp3) is 0.684. The largest absolute Gasteiger partial charge is 0.375 e. The molecule has 1 aromatic heterocycles. The summed E-state index contributed by atoms with van der Waals surface area (Å²) in [6.07, 6.45) is 6.88. The topological polar surface area (TPSA) is 75.6 Å². The molecule has 2 amide bonds. The smallest absolute Gasteiger partial charge is 0.257 e. The molecule has 1 aromatic rings. The maximum atomic E-state index is 12.7. The van der Waals surface area contributed by atoms with Crippen LogP contribution < -0.4 is 0 Å². The van der Waals surface area contributed by atoms with Gasteiger partial charge in [-0.2, -0.15) is 0 Å². The van der Waals surface area contributed by atoms with Gasteiger partial charge in [-0.15, -0.1) is 0 Å². The first kappa shape index (κ1) is 18.8. The number of aryl methyl sites for hydroxylation is 1. The lowest BCUT2D eigenvalue weighted by Crippen LogP contribution is -2.41. The van der Waals surface area contributed by atoms with Crippen molar-refractivity contribution in [2.45, 2.75) is 44.9 Å². The number of piperidine rings is 2.